The molecule has 5 heteroatoms. The van der Waals surface area contributed by atoms with E-state index >= 15 is 0 Å². The van der Waals surface area contributed by atoms with Gasteiger partial charge in [0.25, 0.3) is 5.91 Å². The summed E-state index contributed by atoms with van der Waals surface area (Å²) in [5.74, 6) is -0.192. The summed E-state index contributed by atoms with van der Waals surface area (Å²) in [4.78, 5) is 12.5. The van der Waals surface area contributed by atoms with Gasteiger partial charge in [-0.15, -0.1) is 4.72 Å². The number of carbonyl (C=O) groups excluding carboxylic acids is 1. The van der Waals surface area contributed by atoms with E-state index in [-0.39, 0.29) is 10.7 Å². The van der Waals surface area contributed by atoms with Crippen molar-refractivity contribution in [1.82, 2.24) is 4.72 Å². The first kappa shape index (κ1) is 25.7. The van der Waals surface area contributed by atoms with E-state index in [2.05, 4.69) is 16.6 Å². The lowest BCUT2D eigenvalue weighted by atomic mass is 10.0. The van der Waals surface area contributed by atoms with E-state index in [9.17, 15) is 9.35 Å². The zero-order valence-electron chi connectivity index (χ0n) is 18.9. The molecule has 1 amide bonds. The van der Waals surface area contributed by atoms with Crippen LogP contribution in [0.4, 0.5) is 5.69 Å². The number of hydrogen-bond donors (Lipinski definition) is 2. The zero-order valence-corrected chi connectivity index (χ0v) is 19.7. The summed E-state index contributed by atoms with van der Waals surface area (Å²) >= 11 is -1.14. The largest absolute Gasteiger partial charge is 0.598 e. The van der Waals surface area contributed by atoms with Crippen molar-refractivity contribution in [3.63, 3.8) is 0 Å². The van der Waals surface area contributed by atoms with Crippen molar-refractivity contribution in [2.24, 2.45) is 0 Å². The molecule has 1 rings (SSSR count). The average molecular weight is 427 g/mol. The van der Waals surface area contributed by atoms with Crippen LogP contribution in [0.3, 0.4) is 0 Å². The third-order valence-corrected chi connectivity index (χ3v) is 5.59. The number of allylic oxidation sites excluding steroid dienone is 6. The Labute approximate surface area is 184 Å². The smallest absolute Gasteiger partial charge is 0.255 e. The molecule has 0 bridgehead atoms. The van der Waals surface area contributed by atoms with Gasteiger partial charge >= 0.3 is 0 Å². The Morgan fingerprint density at radius 1 is 1.17 bits per heavy atom. The molecule has 0 saturated heterocycles. The monoisotopic (exact) mass is 426 g/mol. The van der Waals surface area contributed by atoms with Gasteiger partial charge in [0.15, 0.2) is 0 Å². The van der Waals surface area contributed by atoms with Gasteiger partial charge < -0.3 is 9.87 Å². The highest BCUT2D eigenvalue weighted by atomic mass is 32.2. The SMILES string of the molecule is C=C/C(=C\C=C(C)C)c1ccc(NC(=O)C(/C=C\CN[S+]([O-])C(C)(C)C)=C/C)cc1. The second-order valence-electron chi connectivity index (χ2n) is 7.98. The van der Waals surface area contributed by atoms with Gasteiger partial charge in [-0.3, -0.25) is 4.79 Å². The number of rotatable bonds is 9. The molecule has 0 spiro atoms. The minimum absolute atomic E-state index is 0.192. The summed E-state index contributed by atoms with van der Waals surface area (Å²) < 4.78 is 14.6. The molecule has 0 saturated carbocycles. The summed E-state index contributed by atoms with van der Waals surface area (Å²) in [6.45, 7) is 15.9. The fourth-order valence-corrected chi connectivity index (χ4v) is 3.00. The van der Waals surface area contributed by atoms with Crippen molar-refractivity contribution in [2.45, 2.75) is 46.3 Å². The lowest BCUT2D eigenvalue weighted by Gasteiger charge is -2.22. The molecule has 1 aromatic rings. The first-order valence-electron chi connectivity index (χ1n) is 9.96. The van der Waals surface area contributed by atoms with Gasteiger partial charge in [0.1, 0.15) is 4.75 Å². The molecule has 2 N–H and O–H groups in total. The van der Waals surface area contributed by atoms with Crippen molar-refractivity contribution in [2.75, 3.05) is 11.9 Å². The Hall–Kier alpha value is -2.34. The van der Waals surface area contributed by atoms with Crippen LogP contribution in [-0.4, -0.2) is 21.8 Å². The number of hydrogen-bond acceptors (Lipinski definition) is 3. The van der Waals surface area contributed by atoms with Gasteiger partial charge in [0, 0.05) is 22.6 Å². The van der Waals surface area contributed by atoms with Crippen molar-refractivity contribution in [1.29, 1.82) is 0 Å². The normalized spacial score (nSPS) is 13.8. The van der Waals surface area contributed by atoms with Crippen LogP contribution in [0.25, 0.3) is 5.57 Å². The molecule has 1 atom stereocenters. The van der Waals surface area contributed by atoms with Crippen molar-refractivity contribution in [3.8, 4) is 0 Å². The van der Waals surface area contributed by atoms with Crippen LogP contribution in [0.15, 0.2) is 78.4 Å². The fourth-order valence-electron chi connectivity index (χ4n) is 2.32. The van der Waals surface area contributed by atoms with E-state index in [0.717, 1.165) is 11.1 Å². The second kappa shape index (κ2) is 12.4. The maximum absolute atomic E-state index is 12.5. The Morgan fingerprint density at radius 2 is 1.80 bits per heavy atom. The zero-order chi connectivity index (χ0) is 22.7. The Balaban J connectivity index is 2.74. The van der Waals surface area contributed by atoms with E-state index in [0.29, 0.717) is 17.8 Å². The van der Waals surface area contributed by atoms with E-state index in [1.807, 2.05) is 84.0 Å². The van der Waals surface area contributed by atoms with Crippen molar-refractivity contribution in [3.05, 3.63) is 84.0 Å². The third-order valence-electron chi connectivity index (χ3n) is 4.05. The predicted molar refractivity (Wildman–Crippen MR) is 131 cm³/mol. The summed E-state index contributed by atoms with van der Waals surface area (Å²) in [6, 6.07) is 7.66. The van der Waals surface area contributed by atoms with E-state index in [1.165, 1.54) is 5.57 Å². The molecule has 4 nitrogen and oxygen atoms in total. The molecular formula is C25H34N2O2S. The molecule has 0 aliphatic rings. The lowest BCUT2D eigenvalue weighted by molar-refractivity contribution is -0.112. The van der Waals surface area contributed by atoms with Crippen LogP contribution in [0, 0.1) is 0 Å². The number of nitrogens with one attached hydrogen (secondary N) is 2. The summed E-state index contributed by atoms with van der Waals surface area (Å²) in [5, 5.41) is 2.91. The van der Waals surface area contributed by atoms with Crippen LogP contribution in [0.5, 0.6) is 0 Å². The maximum atomic E-state index is 12.5. The highest BCUT2D eigenvalue weighted by Gasteiger charge is 2.25. The minimum Gasteiger partial charge on any atom is -0.598 e. The van der Waals surface area contributed by atoms with Crippen LogP contribution >= 0.6 is 0 Å². The highest BCUT2D eigenvalue weighted by molar-refractivity contribution is 7.90. The van der Waals surface area contributed by atoms with Crippen molar-refractivity contribution < 1.29 is 9.35 Å². The molecule has 0 radical (unpaired) electrons. The molecular weight excluding hydrogens is 392 g/mol. The third kappa shape index (κ3) is 8.99. The predicted octanol–water partition coefficient (Wildman–Crippen LogP) is 5.72. The molecule has 0 fully saturated rings. The van der Waals surface area contributed by atoms with Crippen LogP contribution in [-0.2, 0) is 16.2 Å². The standard InChI is InChI=1S/C25H34N2O2S/c1-8-20(13-12-19(3)4)22-14-16-23(17-15-22)27-24(28)21(9-2)11-10-18-26-30(29)25(5,6)7/h8-17,26H,1,18H2,2-7H3,(H,27,28)/b11-10-,20-13+,21-9+. The number of benzene rings is 1. The lowest BCUT2D eigenvalue weighted by Crippen LogP contribution is -2.39. The molecule has 0 heterocycles. The van der Waals surface area contributed by atoms with Gasteiger partial charge in [0.2, 0.25) is 0 Å². The van der Waals surface area contributed by atoms with Gasteiger partial charge in [0.05, 0.1) is 6.54 Å². The maximum Gasteiger partial charge on any atom is 0.255 e. The molecule has 0 aromatic heterocycles. The molecule has 0 aliphatic heterocycles. The number of anilines is 1. The minimum atomic E-state index is -1.14. The molecule has 1 unspecified atom stereocenters. The topological polar surface area (TPSA) is 64.2 Å². The van der Waals surface area contributed by atoms with E-state index in [1.54, 1.807) is 18.2 Å². The molecule has 30 heavy (non-hydrogen) atoms. The first-order valence-corrected chi connectivity index (χ1v) is 11.1. The first-order chi connectivity index (χ1) is 14.1. The van der Waals surface area contributed by atoms with Crippen LogP contribution in [0.2, 0.25) is 0 Å². The van der Waals surface area contributed by atoms with E-state index in [4.69, 9.17) is 0 Å². The second-order valence-corrected chi connectivity index (χ2v) is 10.0. The summed E-state index contributed by atoms with van der Waals surface area (Å²) in [7, 11) is 0. The van der Waals surface area contributed by atoms with Gasteiger partial charge in [-0.1, -0.05) is 60.7 Å². The average Bonchev–Trinajstić information content (AvgIpc) is 2.68. The molecule has 0 aliphatic carbocycles. The summed E-state index contributed by atoms with van der Waals surface area (Å²) in [6.07, 6.45) is 11.2. The van der Waals surface area contributed by atoms with Gasteiger partial charge in [-0.25, -0.2) is 0 Å². The quantitative estimate of drug-likeness (QED) is 0.302. The highest BCUT2D eigenvalue weighted by Crippen LogP contribution is 2.19. The molecule has 1 aromatic carbocycles. The number of amides is 1. The number of carbonyl (C=O) groups is 1. The van der Waals surface area contributed by atoms with Gasteiger partial charge in [-0.05, 0) is 64.8 Å². The Bertz CT molecular complexity index is 837. The van der Waals surface area contributed by atoms with Crippen molar-refractivity contribution >= 4 is 28.5 Å². The molecule has 162 valence electrons. The Morgan fingerprint density at radius 3 is 2.30 bits per heavy atom. The van der Waals surface area contributed by atoms with Crippen LogP contribution in [0.1, 0.15) is 47.1 Å². The fraction of sp³-hybridized carbons (Fsp3) is 0.320. The van der Waals surface area contributed by atoms with E-state index < -0.39 is 11.4 Å². The Kier molecular flexibility index (Phi) is 10.6. The van der Waals surface area contributed by atoms with Gasteiger partial charge in [-0.2, -0.15) is 0 Å². The summed E-state index contributed by atoms with van der Waals surface area (Å²) in [5.41, 5.74) is 4.52. The van der Waals surface area contributed by atoms with Crippen LogP contribution < -0.4 is 10.0 Å².